The number of hydrogen-bond acceptors (Lipinski definition) is 5. The van der Waals surface area contributed by atoms with Gasteiger partial charge in [0.25, 0.3) is 11.6 Å². The van der Waals surface area contributed by atoms with Crippen LogP contribution in [-0.2, 0) is 4.74 Å². The summed E-state index contributed by atoms with van der Waals surface area (Å²) in [6.07, 6.45) is 3.21. The third-order valence-electron chi connectivity index (χ3n) is 4.03. The molecule has 2 aliphatic rings. The molecule has 0 aromatic heterocycles. The SMILES string of the molecule is Nc1cc(C(=O)NC2CCOC2C2CC2)ccc1[N+](=O)[O-]. The average molecular weight is 291 g/mol. The Bertz CT molecular complexity index is 586. The molecule has 7 heteroatoms. The van der Waals surface area contributed by atoms with Gasteiger partial charge in [-0.2, -0.15) is 0 Å². The van der Waals surface area contributed by atoms with Gasteiger partial charge in [0.2, 0.25) is 0 Å². The molecule has 7 nitrogen and oxygen atoms in total. The van der Waals surface area contributed by atoms with Gasteiger partial charge in [-0.05, 0) is 37.3 Å². The number of nitrogens with one attached hydrogen (secondary N) is 1. The van der Waals surface area contributed by atoms with E-state index < -0.39 is 4.92 Å². The van der Waals surface area contributed by atoms with E-state index in [1.54, 1.807) is 0 Å². The molecule has 1 aromatic rings. The zero-order valence-electron chi connectivity index (χ0n) is 11.5. The zero-order chi connectivity index (χ0) is 15.0. The third kappa shape index (κ3) is 2.82. The fraction of sp³-hybridized carbons (Fsp3) is 0.500. The quantitative estimate of drug-likeness (QED) is 0.496. The zero-order valence-corrected chi connectivity index (χ0v) is 11.5. The first kappa shape index (κ1) is 13.8. The lowest BCUT2D eigenvalue weighted by atomic mass is 10.1. The Kier molecular flexibility index (Phi) is 3.50. The molecule has 1 aliphatic carbocycles. The summed E-state index contributed by atoms with van der Waals surface area (Å²) in [5.74, 6) is 0.289. The molecule has 1 aliphatic heterocycles. The molecule has 1 saturated carbocycles. The molecule has 112 valence electrons. The molecule has 2 fully saturated rings. The summed E-state index contributed by atoms with van der Waals surface area (Å²) < 4.78 is 5.67. The van der Waals surface area contributed by atoms with E-state index in [9.17, 15) is 14.9 Å². The van der Waals surface area contributed by atoms with Crippen molar-refractivity contribution in [3.05, 3.63) is 33.9 Å². The van der Waals surface area contributed by atoms with Crippen LogP contribution < -0.4 is 11.1 Å². The average Bonchev–Trinajstić information content (AvgIpc) is 3.18. The van der Waals surface area contributed by atoms with Crippen LogP contribution in [0.5, 0.6) is 0 Å². The number of nitro groups is 1. The summed E-state index contributed by atoms with van der Waals surface area (Å²) >= 11 is 0. The highest BCUT2D eigenvalue weighted by molar-refractivity contribution is 5.96. The van der Waals surface area contributed by atoms with Gasteiger partial charge in [-0.3, -0.25) is 14.9 Å². The van der Waals surface area contributed by atoms with Crippen molar-refractivity contribution in [1.29, 1.82) is 0 Å². The third-order valence-corrected chi connectivity index (χ3v) is 4.03. The van der Waals surface area contributed by atoms with Crippen LogP contribution in [0.3, 0.4) is 0 Å². The molecule has 2 atom stereocenters. The van der Waals surface area contributed by atoms with Crippen molar-refractivity contribution in [2.45, 2.75) is 31.4 Å². The van der Waals surface area contributed by atoms with Gasteiger partial charge in [0.1, 0.15) is 5.69 Å². The fourth-order valence-electron chi connectivity index (χ4n) is 2.77. The number of nitro benzene ring substituents is 1. The van der Waals surface area contributed by atoms with Crippen LogP contribution in [0.1, 0.15) is 29.6 Å². The predicted octanol–water partition coefficient (Wildman–Crippen LogP) is 1.47. The van der Waals surface area contributed by atoms with E-state index in [0.29, 0.717) is 18.1 Å². The van der Waals surface area contributed by atoms with Gasteiger partial charge in [-0.15, -0.1) is 0 Å². The van der Waals surface area contributed by atoms with Crippen molar-refractivity contribution in [3.8, 4) is 0 Å². The normalized spacial score (nSPS) is 24.8. The Labute approximate surface area is 121 Å². The second-order valence-electron chi connectivity index (χ2n) is 5.57. The van der Waals surface area contributed by atoms with E-state index in [2.05, 4.69) is 5.32 Å². The summed E-state index contributed by atoms with van der Waals surface area (Å²) in [7, 11) is 0. The van der Waals surface area contributed by atoms with Gasteiger partial charge in [0, 0.05) is 18.2 Å². The number of rotatable bonds is 4. The van der Waals surface area contributed by atoms with Crippen molar-refractivity contribution < 1.29 is 14.5 Å². The molecule has 0 spiro atoms. The lowest BCUT2D eigenvalue weighted by Crippen LogP contribution is -2.41. The van der Waals surface area contributed by atoms with Crippen LogP contribution in [-0.4, -0.2) is 29.6 Å². The maximum Gasteiger partial charge on any atom is 0.292 e. The predicted molar refractivity (Wildman–Crippen MR) is 75.8 cm³/mol. The van der Waals surface area contributed by atoms with E-state index in [-0.39, 0.29) is 29.4 Å². The molecule has 1 heterocycles. The standard InChI is InChI=1S/C14H17N3O4/c15-10-7-9(3-4-12(10)17(19)20)14(18)16-11-5-6-21-13(11)8-1-2-8/h3-4,7-8,11,13H,1-2,5-6,15H2,(H,16,18). The molecule has 3 N–H and O–H groups in total. The van der Waals surface area contributed by atoms with Crippen molar-refractivity contribution in [2.24, 2.45) is 5.92 Å². The lowest BCUT2D eigenvalue weighted by Gasteiger charge is -2.19. The highest BCUT2D eigenvalue weighted by Gasteiger charge is 2.41. The number of ether oxygens (including phenoxy) is 1. The number of nitrogen functional groups attached to an aromatic ring is 1. The minimum absolute atomic E-state index is 0.00550. The Morgan fingerprint density at radius 3 is 2.76 bits per heavy atom. The fourth-order valence-corrected chi connectivity index (χ4v) is 2.77. The molecular formula is C14H17N3O4. The van der Waals surface area contributed by atoms with Gasteiger partial charge in [-0.1, -0.05) is 0 Å². The minimum atomic E-state index is -0.565. The Morgan fingerprint density at radius 1 is 1.38 bits per heavy atom. The highest BCUT2D eigenvalue weighted by Crippen LogP contribution is 2.38. The number of carbonyl (C=O) groups is 1. The first-order chi connectivity index (χ1) is 10.1. The second kappa shape index (κ2) is 5.33. The number of nitrogens with zero attached hydrogens (tertiary/aromatic N) is 1. The smallest absolute Gasteiger partial charge is 0.292 e. The summed E-state index contributed by atoms with van der Waals surface area (Å²) in [6, 6.07) is 4.04. The number of amides is 1. The molecule has 1 amide bonds. The number of benzene rings is 1. The van der Waals surface area contributed by atoms with Crippen molar-refractivity contribution in [3.63, 3.8) is 0 Å². The molecule has 2 unspecified atom stereocenters. The highest BCUT2D eigenvalue weighted by atomic mass is 16.6. The van der Waals surface area contributed by atoms with Gasteiger partial charge in [0.15, 0.2) is 0 Å². The molecule has 21 heavy (non-hydrogen) atoms. The van der Waals surface area contributed by atoms with Gasteiger partial charge < -0.3 is 15.8 Å². The summed E-state index contributed by atoms with van der Waals surface area (Å²) in [4.78, 5) is 22.4. The van der Waals surface area contributed by atoms with Crippen molar-refractivity contribution >= 4 is 17.3 Å². The van der Waals surface area contributed by atoms with Crippen LogP contribution in [0.2, 0.25) is 0 Å². The van der Waals surface area contributed by atoms with E-state index in [4.69, 9.17) is 10.5 Å². The number of nitrogens with two attached hydrogens (primary N) is 1. The lowest BCUT2D eigenvalue weighted by molar-refractivity contribution is -0.383. The second-order valence-corrected chi connectivity index (χ2v) is 5.57. The summed E-state index contributed by atoms with van der Waals surface area (Å²) in [5, 5.41) is 13.7. The molecule has 3 rings (SSSR count). The van der Waals surface area contributed by atoms with E-state index in [1.807, 2.05) is 0 Å². The van der Waals surface area contributed by atoms with Gasteiger partial charge >= 0.3 is 0 Å². The van der Waals surface area contributed by atoms with Gasteiger partial charge in [0.05, 0.1) is 17.1 Å². The molecule has 1 aromatic carbocycles. The first-order valence-electron chi connectivity index (χ1n) is 7.02. The maximum atomic E-state index is 12.2. The molecule has 0 radical (unpaired) electrons. The van der Waals surface area contributed by atoms with Crippen LogP contribution in [0, 0.1) is 16.0 Å². The molecule has 1 saturated heterocycles. The van der Waals surface area contributed by atoms with Crippen LogP contribution in [0.25, 0.3) is 0 Å². The van der Waals surface area contributed by atoms with Crippen molar-refractivity contribution in [1.82, 2.24) is 5.32 Å². The Balaban J connectivity index is 1.70. The monoisotopic (exact) mass is 291 g/mol. The van der Waals surface area contributed by atoms with Crippen LogP contribution in [0.4, 0.5) is 11.4 Å². The number of anilines is 1. The Morgan fingerprint density at radius 2 is 2.14 bits per heavy atom. The Hall–Kier alpha value is -2.15. The van der Waals surface area contributed by atoms with E-state index in [0.717, 1.165) is 19.3 Å². The van der Waals surface area contributed by atoms with Crippen LogP contribution in [0.15, 0.2) is 18.2 Å². The first-order valence-corrected chi connectivity index (χ1v) is 7.02. The minimum Gasteiger partial charge on any atom is -0.393 e. The van der Waals surface area contributed by atoms with E-state index in [1.165, 1.54) is 18.2 Å². The maximum absolute atomic E-state index is 12.2. The van der Waals surface area contributed by atoms with Crippen LogP contribution >= 0.6 is 0 Å². The largest absolute Gasteiger partial charge is 0.393 e. The summed E-state index contributed by atoms with van der Waals surface area (Å²) in [6.45, 7) is 0.661. The van der Waals surface area contributed by atoms with Crippen molar-refractivity contribution in [2.75, 3.05) is 12.3 Å². The number of carbonyl (C=O) groups excluding carboxylic acids is 1. The molecular weight excluding hydrogens is 274 g/mol. The topological polar surface area (TPSA) is 107 Å². The molecule has 0 bridgehead atoms. The van der Waals surface area contributed by atoms with E-state index >= 15 is 0 Å². The van der Waals surface area contributed by atoms with Gasteiger partial charge in [-0.25, -0.2) is 0 Å². The number of hydrogen-bond donors (Lipinski definition) is 2. The summed E-state index contributed by atoms with van der Waals surface area (Å²) in [5.41, 5.74) is 5.75.